The summed E-state index contributed by atoms with van der Waals surface area (Å²) in [5, 5.41) is 3.05. The lowest BCUT2D eigenvalue weighted by Crippen LogP contribution is -2.39. The third kappa shape index (κ3) is 5.09. The monoisotopic (exact) mass is 174 g/mol. The molecule has 0 heterocycles. The van der Waals surface area contributed by atoms with E-state index in [9.17, 15) is 4.79 Å². The van der Waals surface area contributed by atoms with Gasteiger partial charge in [0.1, 0.15) is 0 Å². The molecule has 0 aliphatic carbocycles. The Hall–Kier alpha value is -0.610. The predicted octanol–water partition coefficient (Wildman–Crippen LogP) is -0.301. The lowest BCUT2D eigenvalue weighted by atomic mass is 10.3. The molecule has 4 heteroatoms. The fourth-order valence-electron chi connectivity index (χ4n) is 0.729. The van der Waals surface area contributed by atoms with Crippen molar-refractivity contribution in [2.45, 2.75) is 13.0 Å². The number of carbonyl (C=O) groups excluding carboxylic acids is 1. The summed E-state index contributed by atoms with van der Waals surface area (Å²) in [5.74, 6) is 0.0814. The summed E-state index contributed by atoms with van der Waals surface area (Å²) in [6.07, 6.45) is 0. The molecule has 0 aromatic heterocycles. The number of methoxy groups -OCH3 is 1. The van der Waals surface area contributed by atoms with Gasteiger partial charge < -0.3 is 15.0 Å². The molecule has 1 atom stereocenters. The van der Waals surface area contributed by atoms with Gasteiger partial charge in [-0.15, -0.1) is 0 Å². The fraction of sp³-hybridized carbons (Fsp3) is 0.875. The van der Waals surface area contributed by atoms with Gasteiger partial charge in [0.05, 0.1) is 13.2 Å². The van der Waals surface area contributed by atoms with Crippen LogP contribution in [-0.2, 0) is 9.53 Å². The molecule has 0 saturated heterocycles. The second-order valence-corrected chi connectivity index (χ2v) is 3.03. The molecule has 0 saturated carbocycles. The first kappa shape index (κ1) is 11.4. The van der Waals surface area contributed by atoms with Crippen LogP contribution in [0.5, 0.6) is 0 Å². The van der Waals surface area contributed by atoms with Crippen molar-refractivity contribution in [3.05, 3.63) is 0 Å². The number of nitrogens with zero attached hydrogens (tertiary/aromatic N) is 1. The van der Waals surface area contributed by atoms with Gasteiger partial charge in [-0.1, -0.05) is 0 Å². The highest BCUT2D eigenvalue weighted by atomic mass is 16.5. The van der Waals surface area contributed by atoms with Crippen molar-refractivity contribution in [2.75, 3.05) is 34.4 Å². The summed E-state index contributed by atoms with van der Waals surface area (Å²) < 4.78 is 4.91. The van der Waals surface area contributed by atoms with Crippen LogP contribution in [0.25, 0.3) is 0 Å². The number of hydrogen-bond donors (Lipinski definition) is 1. The van der Waals surface area contributed by atoms with Crippen LogP contribution in [0.2, 0.25) is 0 Å². The molecule has 1 amide bonds. The maximum absolute atomic E-state index is 11.1. The molecule has 0 aromatic carbocycles. The molecule has 1 unspecified atom stereocenters. The molecular formula is C8H18N2O2. The standard InChI is InChI=1S/C8H18N2O2/c1-7(6-12-4)9-5-8(11)10(2)3/h7,9H,5-6H2,1-4H3. The van der Waals surface area contributed by atoms with E-state index >= 15 is 0 Å². The van der Waals surface area contributed by atoms with E-state index in [0.717, 1.165) is 0 Å². The Morgan fingerprint density at radius 2 is 2.17 bits per heavy atom. The second kappa shape index (κ2) is 5.97. The highest BCUT2D eigenvalue weighted by Crippen LogP contribution is 1.83. The minimum atomic E-state index is 0.0814. The highest BCUT2D eigenvalue weighted by Gasteiger charge is 2.05. The first-order valence-electron chi connectivity index (χ1n) is 4.00. The van der Waals surface area contributed by atoms with E-state index in [1.54, 1.807) is 26.1 Å². The minimum absolute atomic E-state index is 0.0814. The fourth-order valence-corrected chi connectivity index (χ4v) is 0.729. The van der Waals surface area contributed by atoms with E-state index in [1.807, 2.05) is 6.92 Å². The Balaban J connectivity index is 3.47. The Morgan fingerprint density at radius 1 is 1.58 bits per heavy atom. The van der Waals surface area contributed by atoms with Crippen LogP contribution in [-0.4, -0.2) is 51.2 Å². The summed E-state index contributed by atoms with van der Waals surface area (Å²) in [5.41, 5.74) is 0. The van der Waals surface area contributed by atoms with Crippen molar-refractivity contribution in [3.63, 3.8) is 0 Å². The normalized spacial score (nSPS) is 12.7. The van der Waals surface area contributed by atoms with Gasteiger partial charge in [0.2, 0.25) is 5.91 Å². The van der Waals surface area contributed by atoms with Crippen LogP contribution in [0.15, 0.2) is 0 Å². The molecule has 0 fully saturated rings. The molecule has 12 heavy (non-hydrogen) atoms. The second-order valence-electron chi connectivity index (χ2n) is 3.03. The molecule has 0 rings (SSSR count). The van der Waals surface area contributed by atoms with E-state index < -0.39 is 0 Å². The van der Waals surface area contributed by atoms with E-state index in [4.69, 9.17) is 4.74 Å². The number of nitrogens with one attached hydrogen (secondary N) is 1. The van der Waals surface area contributed by atoms with Crippen molar-refractivity contribution >= 4 is 5.91 Å². The number of amides is 1. The predicted molar refractivity (Wildman–Crippen MR) is 48.0 cm³/mol. The smallest absolute Gasteiger partial charge is 0.236 e. The first-order chi connectivity index (χ1) is 5.57. The van der Waals surface area contributed by atoms with Crippen molar-refractivity contribution in [1.29, 1.82) is 0 Å². The largest absolute Gasteiger partial charge is 0.383 e. The molecule has 0 radical (unpaired) electrons. The molecule has 1 N–H and O–H groups in total. The van der Waals surface area contributed by atoms with E-state index in [0.29, 0.717) is 13.2 Å². The van der Waals surface area contributed by atoms with Gasteiger partial charge in [-0.3, -0.25) is 4.79 Å². The van der Waals surface area contributed by atoms with Gasteiger partial charge in [-0.05, 0) is 6.92 Å². The minimum Gasteiger partial charge on any atom is -0.383 e. The van der Waals surface area contributed by atoms with Crippen molar-refractivity contribution < 1.29 is 9.53 Å². The summed E-state index contributed by atoms with van der Waals surface area (Å²) in [4.78, 5) is 12.6. The zero-order valence-corrected chi connectivity index (χ0v) is 8.26. The maximum Gasteiger partial charge on any atom is 0.236 e. The lowest BCUT2D eigenvalue weighted by Gasteiger charge is -2.14. The van der Waals surface area contributed by atoms with Crippen LogP contribution < -0.4 is 5.32 Å². The summed E-state index contributed by atoms with van der Waals surface area (Å²) in [7, 11) is 5.13. The zero-order chi connectivity index (χ0) is 9.56. The summed E-state index contributed by atoms with van der Waals surface area (Å²) in [6, 6.07) is 0.221. The Kier molecular flexibility index (Phi) is 5.66. The van der Waals surface area contributed by atoms with Crippen LogP contribution in [0.3, 0.4) is 0 Å². The number of likely N-dealkylation sites (N-methyl/N-ethyl adjacent to an activating group) is 1. The average molecular weight is 174 g/mol. The molecule has 4 nitrogen and oxygen atoms in total. The van der Waals surface area contributed by atoms with Gasteiger partial charge in [-0.2, -0.15) is 0 Å². The Morgan fingerprint density at radius 3 is 2.58 bits per heavy atom. The Bertz CT molecular complexity index is 137. The molecule has 0 aliphatic rings. The molecule has 0 spiro atoms. The SMILES string of the molecule is COCC(C)NCC(=O)N(C)C. The first-order valence-corrected chi connectivity index (χ1v) is 4.00. The molecule has 0 aromatic rings. The van der Waals surface area contributed by atoms with Crippen LogP contribution in [0.4, 0.5) is 0 Å². The van der Waals surface area contributed by atoms with Gasteiger partial charge in [0.15, 0.2) is 0 Å². The molecule has 0 bridgehead atoms. The van der Waals surface area contributed by atoms with E-state index in [2.05, 4.69) is 5.32 Å². The van der Waals surface area contributed by atoms with Gasteiger partial charge >= 0.3 is 0 Å². The van der Waals surface area contributed by atoms with Gasteiger partial charge in [-0.25, -0.2) is 0 Å². The van der Waals surface area contributed by atoms with E-state index in [1.165, 1.54) is 0 Å². The molecule has 0 aliphatic heterocycles. The summed E-state index contributed by atoms with van der Waals surface area (Å²) in [6.45, 7) is 2.98. The van der Waals surface area contributed by atoms with Crippen LogP contribution in [0, 0.1) is 0 Å². The van der Waals surface area contributed by atoms with Crippen molar-refractivity contribution in [3.8, 4) is 0 Å². The molecular weight excluding hydrogens is 156 g/mol. The topological polar surface area (TPSA) is 41.6 Å². The van der Waals surface area contributed by atoms with Crippen LogP contribution in [0.1, 0.15) is 6.92 Å². The zero-order valence-electron chi connectivity index (χ0n) is 8.26. The summed E-state index contributed by atoms with van der Waals surface area (Å²) >= 11 is 0. The number of rotatable bonds is 5. The van der Waals surface area contributed by atoms with Crippen molar-refractivity contribution in [1.82, 2.24) is 10.2 Å². The third-order valence-corrected chi connectivity index (χ3v) is 1.52. The van der Waals surface area contributed by atoms with Gasteiger partial charge in [0, 0.05) is 27.2 Å². The third-order valence-electron chi connectivity index (χ3n) is 1.52. The lowest BCUT2D eigenvalue weighted by molar-refractivity contribution is -0.127. The average Bonchev–Trinajstić information content (AvgIpc) is 2.00. The number of hydrogen-bond acceptors (Lipinski definition) is 3. The Labute approximate surface area is 73.9 Å². The quantitative estimate of drug-likeness (QED) is 0.622. The van der Waals surface area contributed by atoms with Crippen LogP contribution >= 0.6 is 0 Å². The number of carbonyl (C=O) groups is 1. The maximum atomic E-state index is 11.1. The van der Waals surface area contributed by atoms with E-state index in [-0.39, 0.29) is 11.9 Å². The van der Waals surface area contributed by atoms with Gasteiger partial charge in [0.25, 0.3) is 0 Å². The highest BCUT2D eigenvalue weighted by molar-refractivity contribution is 5.77. The number of ether oxygens (including phenoxy) is 1. The molecule has 72 valence electrons. The van der Waals surface area contributed by atoms with Crippen molar-refractivity contribution in [2.24, 2.45) is 0 Å².